The number of hydrogen-bond donors (Lipinski definition) is 2. The average molecular weight is 487 g/mol. The van der Waals surface area contributed by atoms with E-state index in [1.165, 1.54) is 0 Å². The van der Waals surface area contributed by atoms with Gasteiger partial charge >= 0.3 is 12.0 Å². The fourth-order valence-electron chi connectivity index (χ4n) is 3.32. The Morgan fingerprint density at radius 2 is 1.77 bits per heavy atom. The van der Waals surface area contributed by atoms with E-state index in [1.807, 2.05) is 30.3 Å². The molecule has 0 heterocycles. The summed E-state index contributed by atoms with van der Waals surface area (Å²) in [4.78, 5) is 26.0. The molecule has 0 aliphatic heterocycles. The Kier molecular flexibility index (Phi) is 10.9. The van der Waals surface area contributed by atoms with Gasteiger partial charge in [-0.3, -0.25) is 0 Å². The first-order valence-corrected chi connectivity index (χ1v) is 11.9. The molecule has 1 unspecified atom stereocenters. The minimum Gasteiger partial charge on any atom is -0.497 e. The maximum absolute atomic E-state index is 13.0. The number of rotatable bonds is 13. The molecule has 8 nitrogen and oxygen atoms in total. The lowest BCUT2D eigenvalue weighted by molar-refractivity contribution is -0.149. The zero-order valence-electron chi connectivity index (χ0n) is 21.4. The molecule has 192 valence electrons. The van der Waals surface area contributed by atoms with Gasteiger partial charge in [-0.25, -0.2) is 9.59 Å². The number of anilines is 1. The second-order valence-electron chi connectivity index (χ2n) is 9.44. The van der Waals surface area contributed by atoms with E-state index in [4.69, 9.17) is 14.2 Å². The van der Waals surface area contributed by atoms with Crippen molar-refractivity contribution in [2.24, 2.45) is 5.41 Å². The lowest BCUT2D eigenvalue weighted by atomic mass is 9.92. The van der Waals surface area contributed by atoms with Crippen LogP contribution in [0.4, 0.5) is 10.5 Å². The van der Waals surface area contributed by atoms with Crippen LogP contribution in [0.25, 0.3) is 0 Å². The zero-order chi connectivity index (χ0) is 25.8. The summed E-state index contributed by atoms with van der Waals surface area (Å²) in [7, 11) is 1.59. The third kappa shape index (κ3) is 10.3. The molecule has 2 rings (SSSR count). The smallest absolute Gasteiger partial charge is 0.333 e. The van der Waals surface area contributed by atoms with Crippen molar-refractivity contribution in [2.75, 3.05) is 38.7 Å². The van der Waals surface area contributed by atoms with Crippen molar-refractivity contribution in [3.05, 3.63) is 54.1 Å². The Morgan fingerprint density at radius 3 is 2.37 bits per heavy atom. The highest BCUT2D eigenvalue weighted by Crippen LogP contribution is 2.21. The molecule has 0 spiro atoms. The first kappa shape index (κ1) is 28.0. The summed E-state index contributed by atoms with van der Waals surface area (Å²) in [6.45, 7) is 9.88. The number of aliphatic carboxylic acids is 1. The molecular formula is C27H38N2O6. The SMILES string of the molecule is CCOC(Cc1ccc(OCCN(CCC(C)(C)C)C(=O)Nc2cccc(OC)c2)cc1)C(=O)O. The highest BCUT2D eigenvalue weighted by Gasteiger charge is 2.19. The summed E-state index contributed by atoms with van der Waals surface area (Å²) >= 11 is 0. The molecular weight excluding hydrogens is 448 g/mol. The molecule has 2 aromatic carbocycles. The molecule has 0 aliphatic carbocycles. The van der Waals surface area contributed by atoms with Crippen LogP contribution in [0.15, 0.2) is 48.5 Å². The third-order valence-electron chi connectivity index (χ3n) is 5.36. The van der Waals surface area contributed by atoms with E-state index in [1.54, 1.807) is 37.1 Å². The van der Waals surface area contributed by atoms with Crippen molar-refractivity contribution in [3.8, 4) is 11.5 Å². The summed E-state index contributed by atoms with van der Waals surface area (Å²) in [5.41, 5.74) is 1.60. The van der Waals surface area contributed by atoms with Crippen molar-refractivity contribution in [3.63, 3.8) is 0 Å². The molecule has 0 saturated heterocycles. The number of carboxylic acids is 1. The van der Waals surface area contributed by atoms with Gasteiger partial charge < -0.3 is 29.5 Å². The lowest BCUT2D eigenvalue weighted by Gasteiger charge is -2.27. The van der Waals surface area contributed by atoms with Gasteiger partial charge in [0.25, 0.3) is 0 Å². The summed E-state index contributed by atoms with van der Waals surface area (Å²) < 4.78 is 16.4. The Hall–Kier alpha value is -3.26. The standard InChI is InChI=1S/C27H38N2O6/c1-6-34-24(25(30)31)18-20-10-12-22(13-11-20)35-17-16-29(15-14-27(2,3)4)26(32)28-21-8-7-9-23(19-21)33-5/h7-13,19,24H,6,14-18H2,1-5H3,(H,28,32)(H,30,31). The largest absolute Gasteiger partial charge is 0.497 e. The summed E-state index contributed by atoms with van der Waals surface area (Å²) in [6.07, 6.45) is 0.262. The van der Waals surface area contributed by atoms with Gasteiger partial charge in [0.15, 0.2) is 6.10 Å². The number of benzene rings is 2. The van der Waals surface area contributed by atoms with Crippen molar-refractivity contribution >= 4 is 17.7 Å². The van der Waals surface area contributed by atoms with E-state index in [0.717, 1.165) is 12.0 Å². The van der Waals surface area contributed by atoms with Gasteiger partial charge in [0.05, 0.1) is 13.7 Å². The quantitative estimate of drug-likeness (QED) is 0.410. The second-order valence-corrected chi connectivity index (χ2v) is 9.44. The van der Waals surface area contributed by atoms with Crippen LogP contribution >= 0.6 is 0 Å². The van der Waals surface area contributed by atoms with Crippen LogP contribution in [0.1, 0.15) is 39.7 Å². The number of methoxy groups -OCH3 is 1. The van der Waals surface area contributed by atoms with Crippen LogP contribution in [-0.4, -0.2) is 61.5 Å². The topological polar surface area (TPSA) is 97.3 Å². The van der Waals surface area contributed by atoms with Crippen molar-refractivity contribution < 1.29 is 28.9 Å². The Labute approximate surface area is 208 Å². The van der Waals surface area contributed by atoms with E-state index >= 15 is 0 Å². The average Bonchev–Trinajstić information content (AvgIpc) is 2.81. The lowest BCUT2D eigenvalue weighted by Crippen LogP contribution is -2.39. The molecule has 0 saturated carbocycles. The fourth-order valence-corrected chi connectivity index (χ4v) is 3.32. The van der Waals surface area contributed by atoms with Crippen molar-refractivity contribution in [1.29, 1.82) is 0 Å². The Balaban J connectivity index is 1.96. The summed E-state index contributed by atoms with van der Waals surface area (Å²) in [5.74, 6) is 0.350. The van der Waals surface area contributed by atoms with E-state index in [-0.39, 0.29) is 17.9 Å². The predicted molar refractivity (Wildman–Crippen MR) is 136 cm³/mol. The molecule has 0 aliphatic rings. The van der Waals surface area contributed by atoms with E-state index in [2.05, 4.69) is 26.1 Å². The fraction of sp³-hybridized carbons (Fsp3) is 0.481. The Bertz CT molecular complexity index is 939. The van der Waals surface area contributed by atoms with E-state index < -0.39 is 12.1 Å². The van der Waals surface area contributed by atoms with Gasteiger partial charge in [-0.1, -0.05) is 39.0 Å². The van der Waals surface area contributed by atoms with Crippen LogP contribution < -0.4 is 14.8 Å². The molecule has 0 fully saturated rings. The van der Waals surface area contributed by atoms with Crippen LogP contribution in [0.3, 0.4) is 0 Å². The number of hydrogen-bond acceptors (Lipinski definition) is 5. The number of ether oxygens (including phenoxy) is 3. The minimum atomic E-state index is -0.977. The molecule has 2 aromatic rings. The minimum absolute atomic E-state index is 0.0838. The van der Waals surface area contributed by atoms with Crippen molar-refractivity contribution in [1.82, 2.24) is 4.90 Å². The number of carboxylic acid groups (broad SMARTS) is 1. The number of nitrogens with one attached hydrogen (secondary N) is 1. The van der Waals surface area contributed by atoms with Crippen LogP contribution in [-0.2, 0) is 16.0 Å². The van der Waals surface area contributed by atoms with Crippen LogP contribution in [0, 0.1) is 5.41 Å². The van der Waals surface area contributed by atoms with Crippen LogP contribution in [0.2, 0.25) is 0 Å². The molecule has 35 heavy (non-hydrogen) atoms. The third-order valence-corrected chi connectivity index (χ3v) is 5.36. The van der Waals surface area contributed by atoms with Gasteiger partial charge in [-0.15, -0.1) is 0 Å². The summed E-state index contributed by atoms with van der Waals surface area (Å²) in [5, 5.41) is 12.2. The molecule has 8 heteroatoms. The first-order chi connectivity index (χ1) is 16.6. The maximum Gasteiger partial charge on any atom is 0.333 e. The highest BCUT2D eigenvalue weighted by atomic mass is 16.5. The van der Waals surface area contributed by atoms with Gasteiger partial charge in [0.2, 0.25) is 0 Å². The normalized spacial score (nSPS) is 12.0. The molecule has 0 bridgehead atoms. The number of carbonyl (C=O) groups excluding carboxylic acids is 1. The number of carbonyl (C=O) groups is 2. The van der Waals surface area contributed by atoms with Gasteiger partial charge in [0.1, 0.15) is 18.1 Å². The van der Waals surface area contributed by atoms with E-state index in [9.17, 15) is 14.7 Å². The predicted octanol–water partition coefficient (Wildman–Crippen LogP) is 5.08. The molecule has 0 radical (unpaired) electrons. The van der Waals surface area contributed by atoms with Crippen LogP contribution in [0.5, 0.6) is 11.5 Å². The second kappa shape index (κ2) is 13.6. The molecule has 2 amide bonds. The number of nitrogens with zero attached hydrogens (tertiary/aromatic N) is 1. The van der Waals surface area contributed by atoms with Gasteiger partial charge in [-0.05, 0) is 48.6 Å². The molecule has 1 atom stereocenters. The number of amides is 2. The van der Waals surface area contributed by atoms with E-state index in [0.29, 0.717) is 43.5 Å². The Morgan fingerprint density at radius 1 is 1.06 bits per heavy atom. The van der Waals surface area contributed by atoms with Crippen molar-refractivity contribution in [2.45, 2.75) is 46.6 Å². The molecule has 0 aromatic heterocycles. The number of urea groups is 1. The monoisotopic (exact) mass is 486 g/mol. The zero-order valence-corrected chi connectivity index (χ0v) is 21.4. The summed E-state index contributed by atoms with van der Waals surface area (Å²) in [6, 6.07) is 14.3. The molecule has 2 N–H and O–H groups in total. The maximum atomic E-state index is 13.0. The first-order valence-electron chi connectivity index (χ1n) is 11.9. The van der Waals surface area contributed by atoms with Gasteiger partial charge in [0, 0.05) is 31.3 Å². The highest BCUT2D eigenvalue weighted by molar-refractivity contribution is 5.89. The van der Waals surface area contributed by atoms with Gasteiger partial charge in [-0.2, -0.15) is 0 Å².